The average Bonchev–Trinajstić information content (AvgIpc) is 2.33. The van der Waals surface area contributed by atoms with Crippen LogP contribution in [0.5, 0.6) is 0 Å². The molecule has 86 valence electrons. The molecule has 0 saturated carbocycles. The molecule has 0 atom stereocenters. The van der Waals surface area contributed by atoms with Crippen LogP contribution in [-0.2, 0) is 0 Å². The Hall–Kier alpha value is -1.68. The molecule has 0 saturated heterocycles. The summed E-state index contributed by atoms with van der Waals surface area (Å²) >= 11 is 3.33. The SMILES string of the molecule is CC(=O)c1ccc(Nc2ccc(Br)cn2)cc1. The summed E-state index contributed by atoms with van der Waals surface area (Å²) in [6.45, 7) is 1.55. The van der Waals surface area contributed by atoms with Gasteiger partial charge in [0.25, 0.3) is 0 Å². The van der Waals surface area contributed by atoms with Crippen molar-refractivity contribution in [3.63, 3.8) is 0 Å². The highest BCUT2D eigenvalue weighted by Gasteiger charge is 1.99. The van der Waals surface area contributed by atoms with Gasteiger partial charge in [-0.1, -0.05) is 0 Å². The molecular formula is C13H11BrN2O. The molecule has 1 aromatic carbocycles. The van der Waals surface area contributed by atoms with E-state index < -0.39 is 0 Å². The topological polar surface area (TPSA) is 42.0 Å². The molecular weight excluding hydrogens is 280 g/mol. The number of Topliss-reactive ketones (excluding diaryl/α,β-unsaturated/α-hetero) is 1. The van der Waals surface area contributed by atoms with E-state index in [-0.39, 0.29) is 5.78 Å². The van der Waals surface area contributed by atoms with Crippen LogP contribution in [0.3, 0.4) is 0 Å². The van der Waals surface area contributed by atoms with Crippen molar-refractivity contribution in [3.8, 4) is 0 Å². The zero-order valence-electron chi connectivity index (χ0n) is 9.27. The lowest BCUT2D eigenvalue weighted by Crippen LogP contribution is -1.95. The number of carbonyl (C=O) groups is 1. The number of halogens is 1. The third-order valence-corrected chi connectivity index (χ3v) is 2.76. The van der Waals surface area contributed by atoms with Crippen LogP contribution in [0, 0.1) is 0 Å². The van der Waals surface area contributed by atoms with Crippen LogP contribution in [0.25, 0.3) is 0 Å². The summed E-state index contributed by atoms with van der Waals surface area (Å²) in [5.41, 5.74) is 1.61. The summed E-state index contributed by atoms with van der Waals surface area (Å²) in [5.74, 6) is 0.835. The number of rotatable bonds is 3. The van der Waals surface area contributed by atoms with Crippen LogP contribution in [0.15, 0.2) is 47.1 Å². The zero-order chi connectivity index (χ0) is 12.3. The molecule has 2 rings (SSSR count). The Labute approximate surface area is 108 Å². The van der Waals surface area contributed by atoms with Gasteiger partial charge in [-0.15, -0.1) is 0 Å². The molecule has 17 heavy (non-hydrogen) atoms. The van der Waals surface area contributed by atoms with Crippen molar-refractivity contribution < 1.29 is 4.79 Å². The van der Waals surface area contributed by atoms with Crippen molar-refractivity contribution >= 4 is 33.2 Å². The number of hydrogen-bond donors (Lipinski definition) is 1. The van der Waals surface area contributed by atoms with Crippen molar-refractivity contribution in [3.05, 3.63) is 52.6 Å². The molecule has 0 unspecified atom stereocenters. The predicted octanol–water partition coefficient (Wildman–Crippen LogP) is 3.79. The Morgan fingerprint density at radius 2 is 1.88 bits per heavy atom. The van der Waals surface area contributed by atoms with E-state index in [1.165, 1.54) is 0 Å². The highest BCUT2D eigenvalue weighted by atomic mass is 79.9. The summed E-state index contributed by atoms with van der Waals surface area (Å²) in [6, 6.07) is 11.1. The predicted molar refractivity (Wildman–Crippen MR) is 71.7 cm³/mol. The van der Waals surface area contributed by atoms with Crippen molar-refractivity contribution in [1.82, 2.24) is 4.98 Å². The van der Waals surface area contributed by atoms with E-state index >= 15 is 0 Å². The first-order chi connectivity index (χ1) is 8.15. The smallest absolute Gasteiger partial charge is 0.159 e. The number of ketones is 1. The number of hydrogen-bond acceptors (Lipinski definition) is 3. The molecule has 0 bridgehead atoms. The van der Waals surface area contributed by atoms with E-state index in [0.717, 1.165) is 16.0 Å². The fraction of sp³-hybridized carbons (Fsp3) is 0.0769. The molecule has 0 aliphatic heterocycles. The second kappa shape index (κ2) is 5.10. The van der Waals surface area contributed by atoms with Crippen LogP contribution in [0.4, 0.5) is 11.5 Å². The van der Waals surface area contributed by atoms with Crippen molar-refractivity contribution in [2.75, 3.05) is 5.32 Å². The number of carbonyl (C=O) groups excluding carboxylic acids is 1. The van der Waals surface area contributed by atoms with E-state index in [2.05, 4.69) is 26.2 Å². The van der Waals surface area contributed by atoms with E-state index in [0.29, 0.717) is 5.56 Å². The Morgan fingerprint density at radius 1 is 1.18 bits per heavy atom. The lowest BCUT2D eigenvalue weighted by molar-refractivity contribution is 0.101. The van der Waals surface area contributed by atoms with Gasteiger partial charge in [0.2, 0.25) is 0 Å². The molecule has 0 aliphatic rings. The maximum absolute atomic E-state index is 11.1. The largest absolute Gasteiger partial charge is 0.340 e. The maximum Gasteiger partial charge on any atom is 0.159 e. The summed E-state index contributed by atoms with van der Waals surface area (Å²) in [7, 11) is 0. The number of benzene rings is 1. The Balaban J connectivity index is 2.13. The van der Waals surface area contributed by atoms with Crippen LogP contribution < -0.4 is 5.32 Å². The standard InChI is InChI=1S/C13H11BrN2O/c1-9(17)10-2-5-12(6-3-10)16-13-7-4-11(14)8-15-13/h2-8H,1H3,(H,15,16). The molecule has 0 amide bonds. The zero-order valence-corrected chi connectivity index (χ0v) is 10.9. The number of nitrogens with one attached hydrogen (secondary N) is 1. The van der Waals surface area contributed by atoms with E-state index in [9.17, 15) is 4.79 Å². The van der Waals surface area contributed by atoms with E-state index in [4.69, 9.17) is 0 Å². The molecule has 4 heteroatoms. The summed E-state index contributed by atoms with van der Waals surface area (Å²) in [5, 5.41) is 3.15. The highest BCUT2D eigenvalue weighted by Crippen LogP contribution is 2.17. The highest BCUT2D eigenvalue weighted by molar-refractivity contribution is 9.10. The van der Waals surface area contributed by atoms with Gasteiger partial charge in [0.05, 0.1) is 0 Å². The van der Waals surface area contributed by atoms with Crippen molar-refractivity contribution in [2.45, 2.75) is 6.92 Å². The van der Waals surface area contributed by atoms with Gasteiger partial charge in [0.15, 0.2) is 5.78 Å². The number of pyridine rings is 1. The summed E-state index contributed by atoms with van der Waals surface area (Å²) < 4.78 is 0.940. The molecule has 0 aliphatic carbocycles. The quantitative estimate of drug-likeness (QED) is 0.875. The average molecular weight is 291 g/mol. The first-order valence-corrected chi connectivity index (χ1v) is 5.94. The molecule has 1 N–H and O–H groups in total. The van der Waals surface area contributed by atoms with Gasteiger partial charge < -0.3 is 5.32 Å². The normalized spacial score (nSPS) is 10.0. The third-order valence-electron chi connectivity index (χ3n) is 2.29. The van der Waals surface area contributed by atoms with Gasteiger partial charge in [0, 0.05) is 21.9 Å². The van der Waals surface area contributed by atoms with Gasteiger partial charge in [-0.2, -0.15) is 0 Å². The van der Waals surface area contributed by atoms with E-state index in [1.807, 2.05) is 24.3 Å². The number of anilines is 2. The minimum atomic E-state index is 0.0679. The van der Waals surface area contributed by atoms with E-state index in [1.54, 1.807) is 25.3 Å². The minimum absolute atomic E-state index is 0.0679. The lowest BCUT2D eigenvalue weighted by atomic mass is 10.1. The molecule has 1 aromatic heterocycles. The molecule has 0 radical (unpaired) electrons. The monoisotopic (exact) mass is 290 g/mol. The first kappa shape index (κ1) is 11.8. The minimum Gasteiger partial charge on any atom is -0.340 e. The second-order valence-electron chi connectivity index (χ2n) is 3.62. The summed E-state index contributed by atoms with van der Waals surface area (Å²) in [4.78, 5) is 15.3. The van der Waals surface area contributed by atoms with Gasteiger partial charge in [-0.05, 0) is 59.3 Å². The van der Waals surface area contributed by atoms with Crippen molar-refractivity contribution in [2.24, 2.45) is 0 Å². The Bertz CT molecular complexity index is 520. The van der Waals surface area contributed by atoms with Crippen LogP contribution in [-0.4, -0.2) is 10.8 Å². The fourth-order valence-corrected chi connectivity index (χ4v) is 1.62. The Morgan fingerprint density at radius 3 is 2.41 bits per heavy atom. The fourth-order valence-electron chi connectivity index (χ4n) is 1.39. The second-order valence-corrected chi connectivity index (χ2v) is 4.54. The first-order valence-electron chi connectivity index (χ1n) is 5.15. The van der Waals surface area contributed by atoms with Crippen molar-refractivity contribution in [1.29, 1.82) is 0 Å². The molecule has 0 spiro atoms. The van der Waals surface area contributed by atoms with Gasteiger partial charge >= 0.3 is 0 Å². The summed E-state index contributed by atoms with van der Waals surface area (Å²) in [6.07, 6.45) is 1.73. The number of aromatic nitrogens is 1. The van der Waals surface area contributed by atoms with Crippen LogP contribution in [0.2, 0.25) is 0 Å². The number of nitrogens with zero attached hydrogens (tertiary/aromatic N) is 1. The lowest BCUT2D eigenvalue weighted by Gasteiger charge is -2.05. The van der Waals surface area contributed by atoms with Gasteiger partial charge in [0.1, 0.15) is 5.82 Å². The molecule has 1 heterocycles. The van der Waals surface area contributed by atoms with Crippen LogP contribution >= 0.6 is 15.9 Å². The maximum atomic E-state index is 11.1. The third kappa shape index (κ3) is 3.14. The molecule has 0 fully saturated rings. The van der Waals surface area contributed by atoms with Gasteiger partial charge in [-0.3, -0.25) is 4.79 Å². The van der Waals surface area contributed by atoms with Gasteiger partial charge in [-0.25, -0.2) is 4.98 Å². The van der Waals surface area contributed by atoms with Crippen LogP contribution in [0.1, 0.15) is 17.3 Å². The molecule has 2 aromatic rings. The molecule has 3 nitrogen and oxygen atoms in total. The Kier molecular flexibility index (Phi) is 3.54.